The molecular formula is C23H20ClNO3. The SMILES string of the molecule is O=C(CCC(=O)OC(c1ccccc1)c1ccccc1)Nc1ccccc1Cl. The summed E-state index contributed by atoms with van der Waals surface area (Å²) in [6, 6.07) is 26.0. The van der Waals surface area contributed by atoms with Gasteiger partial charge in [0, 0.05) is 6.42 Å². The molecule has 0 spiro atoms. The molecule has 0 aliphatic carbocycles. The third-order valence-corrected chi connectivity index (χ3v) is 4.49. The molecule has 0 aliphatic heterocycles. The Morgan fingerprint density at radius 1 is 0.786 bits per heavy atom. The number of benzene rings is 3. The Balaban J connectivity index is 1.61. The predicted molar refractivity (Wildman–Crippen MR) is 110 cm³/mol. The monoisotopic (exact) mass is 393 g/mol. The summed E-state index contributed by atoms with van der Waals surface area (Å²) in [6.07, 6.45) is -0.520. The molecule has 1 amide bonds. The molecule has 0 heterocycles. The average molecular weight is 394 g/mol. The molecule has 0 saturated heterocycles. The Labute approximate surface area is 169 Å². The molecule has 3 rings (SSSR count). The van der Waals surface area contributed by atoms with E-state index in [0.717, 1.165) is 11.1 Å². The summed E-state index contributed by atoms with van der Waals surface area (Å²) >= 11 is 6.03. The number of halogens is 1. The summed E-state index contributed by atoms with van der Waals surface area (Å²) in [5.41, 5.74) is 2.28. The number of hydrogen-bond donors (Lipinski definition) is 1. The molecule has 3 aromatic carbocycles. The zero-order chi connectivity index (χ0) is 19.8. The van der Waals surface area contributed by atoms with E-state index in [2.05, 4.69) is 5.32 Å². The van der Waals surface area contributed by atoms with E-state index in [4.69, 9.17) is 16.3 Å². The van der Waals surface area contributed by atoms with Crippen molar-refractivity contribution in [3.05, 3.63) is 101 Å². The third-order valence-electron chi connectivity index (χ3n) is 4.16. The van der Waals surface area contributed by atoms with Crippen LogP contribution in [-0.4, -0.2) is 11.9 Å². The number of para-hydroxylation sites is 1. The van der Waals surface area contributed by atoms with Crippen molar-refractivity contribution in [2.24, 2.45) is 0 Å². The molecule has 0 saturated carbocycles. The van der Waals surface area contributed by atoms with Gasteiger partial charge in [-0.2, -0.15) is 0 Å². The first-order valence-corrected chi connectivity index (χ1v) is 9.35. The van der Waals surface area contributed by atoms with Crippen molar-refractivity contribution in [3.63, 3.8) is 0 Å². The summed E-state index contributed by atoms with van der Waals surface area (Å²) < 4.78 is 5.70. The van der Waals surface area contributed by atoms with E-state index in [1.165, 1.54) is 0 Å². The molecule has 4 nitrogen and oxygen atoms in total. The second-order valence-electron chi connectivity index (χ2n) is 6.22. The Bertz CT molecular complexity index is 889. The van der Waals surface area contributed by atoms with E-state index in [1.807, 2.05) is 60.7 Å². The summed E-state index contributed by atoms with van der Waals surface area (Å²) in [5, 5.41) is 3.15. The van der Waals surface area contributed by atoms with Crippen molar-refractivity contribution < 1.29 is 14.3 Å². The zero-order valence-corrected chi connectivity index (χ0v) is 15.9. The van der Waals surface area contributed by atoms with Crippen molar-refractivity contribution in [2.75, 3.05) is 5.32 Å². The van der Waals surface area contributed by atoms with Crippen LogP contribution in [0.3, 0.4) is 0 Å². The number of rotatable bonds is 7. The van der Waals surface area contributed by atoms with Gasteiger partial charge in [-0.25, -0.2) is 0 Å². The van der Waals surface area contributed by atoms with Gasteiger partial charge in [0.25, 0.3) is 0 Å². The molecule has 28 heavy (non-hydrogen) atoms. The minimum atomic E-state index is -0.512. The number of ether oxygens (including phenoxy) is 1. The smallest absolute Gasteiger partial charge is 0.307 e. The van der Waals surface area contributed by atoms with Crippen molar-refractivity contribution in [3.8, 4) is 0 Å². The van der Waals surface area contributed by atoms with E-state index in [-0.39, 0.29) is 18.7 Å². The zero-order valence-electron chi connectivity index (χ0n) is 15.2. The molecular weight excluding hydrogens is 374 g/mol. The minimum absolute atomic E-state index is 0.0142. The number of amides is 1. The van der Waals surface area contributed by atoms with E-state index in [9.17, 15) is 9.59 Å². The van der Waals surface area contributed by atoms with Gasteiger partial charge in [-0.3, -0.25) is 9.59 Å². The summed E-state index contributed by atoms with van der Waals surface area (Å²) in [6.45, 7) is 0. The first kappa shape index (κ1) is 19.6. The lowest BCUT2D eigenvalue weighted by molar-refractivity contribution is -0.148. The fourth-order valence-electron chi connectivity index (χ4n) is 2.77. The summed E-state index contributed by atoms with van der Waals surface area (Å²) in [7, 11) is 0. The lowest BCUT2D eigenvalue weighted by Crippen LogP contribution is -2.17. The van der Waals surface area contributed by atoms with Crippen LogP contribution in [-0.2, 0) is 14.3 Å². The topological polar surface area (TPSA) is 55.4 Å². The van der Waals surface area contributed by atoms with E-state index < -0.39 is 12.1 Å². The Kier molecular flexibility index (Phi) is 6.82. The van der Waals surface area contributed by atoms with Gasteiger partial charge in [-0.1, -0.05) is 84.4 Å². The fourth-order valence-corrected chi connectivity index (χ4v) is 2.95. The molecule has 1 N–H and O–H groups in total. The molecule has 0 radical (unpaired) electrons. The van der Waals surface area contributed by atoms with Crippen LogP contribution in [0.5, 0.6) is 0 Å². The average Bonchev–Trinajstić information content (AvgIpc) is 2.73. The van der Waals surface area contributed by atoms with Gasteiger partial charge in [0.2, 0.25) is 5.91 Å². The van der Waals surface area contributed by atoms with Crippen LogP contribution in [0.1, 0.15) is 30.1 Å². The van der Waals surface area contributed by atoms with Crippen LogP contribution in [0.4, 0.5) is 5.69 Å². The van der Waals surface area contributed by atoms with Gasteiger partial charge in [0.1, 0.15) is 0 Å². The number of carbonyl (C=O) groups excluding carboxylic acids is 2. The number of hydrogen-bond acceptors (Lipinski definition) is 3. The Hall–Kier alpha value is -3.11. The van der Waals surface area contributed by atoms with Crippen LogP contribution >= 0.6 is 11.6 Å². The van der Waals surface area contributed by atoms with Crippen molar-refractivity contribution >= 4 is 29.2 Å². The lowest BCUT2D eigenvalue weighted by Gasteiger charge is -2.19. The lowest BCUT2D eigenvalue weighted by atomic mass is 10.0. The Morgan fingerprint density at radius 3 is 1.89 bits per heavy atom. The maximum absolute atomic E-state index is 12.4. The van der Waals surface area contributed by atoms with Crippen LogP contribution in [0, 0.1) is 0 Å². The highest BCUT2D eigenvalue weighted by atomic mass is 35.5. The maximum atomic E-state index is 12.4. The predicted octanol–water partition coefficient (Wildman–Crippen LogP) is 5.39. The molecule has 0 aliphatic rings. The number of anilines is 1. The molecule has 5 heteroatoms. The van der Waals surface area contributed by atoms with Crippen molar-refractivity contribution in [1.82, 2.24) is 0 Å². The highest BCUT2D eigenvalue weighted by molar-refractivity contribution is 6.33. The number of nitrogens with one attached hydrogen (secondary N) is 1. The molecule has 0 atom stereocenters. The normalized spacial score (nSPS) is 10.5. The quantitative estimate of drug-likeness (QED) is 0.547. The first-order valence-electron chi connectivity index (χ1n) is 8.97. The van der Waals surface area contributed by atoms with E-state index in [1.54, 1.807) is 24.3 Å². The fraction of sp³-hybridized carbons (Fsp3) is 0.130. The van der Waals surface area contributed by atoms with E-state index in [0.29, 0.717) is 10.7 Å². The van der Waals surface area contributed by atoms with Crippen molar-refractivity contribution in [1.29, 1.82) is 0 Å². The van der Waals surface area contributed by atoms with Gasteiger partial charge < -0.3 is 10.1 Å². The highest BCUT2D eigenvalue weighted by Gasteiger charge is 2.19. The third kappa shape index (κ3) is 5.44. The number of esters is 1. The molecule has 0 aromatic heterocycles. The molecule has 142 valence electrons. The van der Waals surface area contributed by atoms with Crippen LogP contribution < -0.4 is 5.32 Å². The van der Waals surface area contributed by atoms with Gasteiger partial charge in [0.15, 0.2) is 6.10 Å². The first-order chi connectivity index (χ1) is 13.6. The van der Waals surface area contributed by atoms with Crippen molar-refractivity contribution in [2.45, 2.75) is 18.9 Å². The molecule has 0 unspecified atom stereocenters. The molecule has 3 aromatic rings. The highest BCUT2D eigenvalue weighted by Crippen LogP contribution is 2.26. The minimum Gasteiger partial charge on any atom is -0.453 e. The second-order valence-corrected chi connectivity index (χ2v) is 6.63. The van der Waals surface area contributed by atoms with Gasteiger partial charge in [-0.15, -0.1) is 0 Å². The molecule has 0 bridgehead atoms. The molecule has 0 fully saturated rings. The van der Waals surface area contributed by atoms with Crippen LogP contribution in [0.15, 0.2) is 84.9 Å². The largest absolute Gasteiger partial charge is 0.453 e. The summed E-state index contributed by atoms with van der Waals surface area (Å²) in [4.78, 5) is 24.5. The van der Waals surface area contributed by atoms with Gasteiger partial charge in [-0.05, 0) is 23.3 Å². The standard InChI is InChI=1S/C23H20ClNO3/c24-19-13-7-8-14-20(19)25-21(26)15-16-22(27)28-23(17-9-3-1-4-10-17)18-11-5-2-6-12-18/h1-14,23H,15-16H2,(H,25,26). The van der Waals surface area contributed by atoms with Gasteiger partial charge >= 0.3 is 5.97 Å². The maximum Gasteiger partial charge on any atom is 0.307 e. The van der Waals surface area contributed by atoms with Gasteiger partial charge in [0.05, 0.1) is 17.1 Å². The Morgan fingerprint density at radius 2 is 1.32 bits per heavy atom. The van der Waals surface area contributed by atoms with Crippen LogP contribution in [0.2, 0.25) is 5.02 Å². The second kappa shape index (κ2) is 9.72. The van der Waals surface area contributed by atoms with Crippen LogP contribution in [0.25, 0.3) is 0 Å². The number of carbonyl (C=O) groups is 2. The van der Waals surface area contributed by atoms with E-state index >= 15 is 0 Å². The summed E-state index contributed by atoms with van der Waals surface area (Å²) in [5.74, 6) is -0.729.